The number of aryl methyl sites for hydroxylation is 1. The van der Waals surface area contributed by atoms with Gasteiger partial charge in [-0.1, -0.05) is 0 Å². The van der Waals surface area contributed by atoms with E-state index in [0.717, 1.165) is 36.1 Å². The number of anilines is 4. The Bertz CT molecular complexity index is 950. The van der Waals surface area contributed by atoms with Crippen molar-refractivity contribution >= 4 is 28.9 Å². The number of hydrogen-bond acceptors (Lipinski definition) is 6. The Morgan fingerprint density at radius 2 is 1.76 bits per heavy atom. The zero-order valence-corrected chi connectivity index (χ0v) is 16.3. The molecule has 1 aromatic carbocycles. The lowest BCUT2D eigenvalue weighted by atomic mass is 10.2. The minimum atomic E-state index is -0.0662. The molecule has 1 amide bonds. The van der Waals surface area contributed by atoms with Crippen LogP contribution in [0.4, 0.5) is 23.0 Å². The largest absolute Gasteiger partial charge is 0.378 e. The minimum Gasteiger partial charge on any atom is -0.378 e. The number of carbonyl (C=O) groups excluding carboxylic acids is 1. The average molecular weight is 392 g/mol. The van der Waals surface area contributed by atoms with Gasteiger partial charge in [0.2, 0.25) is 5.91 Å². The minimum absolute atomic E-state index is 0.0662. The lowest BCUT2D eigenvalue weighted by Gasteiger charge is -2.28. The third-order valence-electron chi connectivity index (χ3n) is 4.59. The summed E-state index contributed by atoms with van der Waals surface area (Å²) in [6, 6.07) is 13.3. The van der Waals surface area contributed by atoms with Gasteiger partial charge < -0.3 is 24.8 Å². The van der Waals surface area contributed by atoms with E-state index in [9.17, 15) is 4.79 Å². The van der Waals surface area contributed by atoms with Gasteiger partial charge in [-0.25, -0.2) is 9.97 Å². The maximum Gasteiger partial charge on any atom is 0.244 e. The van der Waals surface area contributed by atoms with Gasteiger partial charge in [0.25, 0.3) is 0 Å². The third kappa shape index (κ3) is 5.11. The van der Waals surface area contributed by atoms with Gasteiger partial charge in [-0.2, -0.15) is 0 Å². The Balaban J connectivity index is 1.39. The molecule has 1 fully saturated rings. The summed E-state index contributed by atoms with van der Waals surface area (Å²) in [6.45, 7) is 5.25. The normalized spacial score (nSPS) is 13.9. The number of amides is 1. The number of rotatable bonds is 6. The quantitative estimate of drug-likeness (QED) is 0.671. The second kappa shape index (κ2) is 8.74. The first kappa shape index (κ1) is 18.9. The molecule has 2 N–H and O–H groups in total. The molecule has 1 aliphatic heterocycles. The smallest absolute Gasteiger partial charge is 0.244 e. The van der Waals surface area contributed by atoms with Crippen LogP contribution in [-0.4, -0.2) is 46.7 Å². The van der Waals surface area contributed by atoms with Crippen molar-refractivity contribution in [3.8, 4) is 0 Å². The average Bonchev–Trinajstić information content (AvgIpc) is 3.22. The first-order valence-corrected chi connectivity index (χ1v) is 9.62. The molecule has 0 bridgehead atoms. The van der Waals surface area contributed by atoms with E-state index >= 15 is 0 Å². The SMILES string of the molecule is Cc1nc(Nc2ccc(NC(=O)Cn3cccc3)cc2)cc(N2CCOCC2)n1. The number of nitrogens with one attached hydrogen (secondary N) is 2. The Morgan fingerprint density at radius 3 is 2.48 bits per heavy atom. The molecule has 29 heavy (non-hydrogen) atoms. The van der Waals surface area contributed by atoms with Crippen LogP contribution in [0.1, 0.15) is 5.82 Å². The highest BCUT2D eigenvalue weighted by Gasteiger charge is 2.14. The summed E-state index contributed by atoms with van der Waals surface area (Å²) in [5.74, 6) is 2.29. The number of ether oxygens (including phenoxy) is 1. The molecule has 2 aromatic heterocycles. The van der Waals surface area contributed by atoms with E-state index in [4.69, 9.17) is 4.74 Å². The summed E-state index contributed by atoms with van der Waals surface area (Å²) in [6.07, 6.45) is 3.73. The van der Waals surface area contributed by atoms with Gasteiger partial charge in [0.15, 0.2) is 0 Å². The highest BCUT2D eigenvalue weighted by atomic mass is 16.5. The Morgan fingerprint density at radius 1 is 1.07 bits per heavy atom. The molecule has 0 unspecified atom stereocenters. The Kier molecular flexibility index (Phi) is 5.71. The predicted molar refractivity (Wildman–Crippen MR) is 113 cm³/mol. The molecule has 0 radical (unpaired) electrons. The first-order chi connectivity index (χ1) is 14.2. The van der Waals surface area contributed by atoms with Gasteiger partial charge in [-0.15, -0.1) is 0 Å². The van der Waals surface area contributed by atoms with Crippen LogP contribution < -0.4 is 15.5 Å². The molecule has 3 aromatic rings. The lowest BCUT2D eigenvalue weighted by molar-refractivity contribution is -0.116. The molecule has 1 aliphatic rings. The van der Waals surface area contributed by atoms with Crippen LogP contribution >= 0.6 is 0 Å². The number of nitrogens with zero attached hydrogens (tertiary/aromatic N) is 4. The number of aromatic nitrogens is 3. The van der Waals surface area contributed by atoms with Crippen molar-refractivity contribution in [3.63, 3.8) is 0 Å². The van der Waals surface area contributed by atoms with Crippen LogP contribution in [0.15, 0.2) is 54.9 Å². The fourth-order valence-electron chi connectivity index (χ4n) is 3.20. The van der Waals surface area contributed by atoms with Crippen LogP contribution in [0.2, 0.25) is 0 Å². The standard InChI is InChI=1S/C21H24N6O2/c1-16-22-19(14-20(23-16)27-10-12-29-13-11-27)24-17-4-6-18(7-5-17)25-21(28)15-26-8-2-3-9-26/h2-9,14H,10-13,15H2,1H3,(H,25,28)(H,22,23,24). The number of benzene rings is 1. The molecule has 0 spiro atoms. The van der Waals surface area contributed by atoms with Crippen LogP contribution in [-0.2, 0) is 16.1 Å². The molecule has 8 heteroatoms. The molecule has 3 heterocycles. The van der Waals surface area contributed by atoms with Gasteiger partial charge >= 0.3 is 0 Å². The van der Waals surface area contributed by atoms with Crippen LogP contribution in [0, 0.1) is 6.92 Å². The van der Waals surface area contributed by atoms with Gasteiger partial charge in [-0.3, -0.25) is 4.79 Å². The fraction of sp³-hybridized carbons (Fsp3) is 0.286. The van der Waals surface area contributed by atoms with E-state index in [1.165, 1.54) is 0 Å². The predicted octanol–water partition coefficient (Wildman–Crippen LogP) is 2.81. The monoisotopic (exact) mass is 392 g/mol. The fourth-order valence-corrected chi connectivity index (χ4v) is 3.20. The summed E-state index contributed by atoms with van der Waals surface area (Å²) in [5.41, 5.74) is 1.64. The molecule has 0 aliphatic carbocycles. The zero-order chi connectivity index (χ0) is 20.1. The maximum atomic E-state index is 12.1. The molecule has 0 saturated carbocycles. The van der Waals surface area contributed by atoms with Crippen LogP contribution in [0.25, 0.3) is 0 Å². The second-order valence-corrected chi connectivity index (χ2v) is 6.86. The molecule has 4 rings (SSSR count). The summed E-state index contributed by atoms with van der Waals surface area (Å²) >= 11 is 0. The molecule has 8 nitrogen and oxygen atoms in total. The van der Waals surface area contributed by atoms with Crippen molar-refractivity contribution in [2.45, 2.75) is 13.5 Å². The summed E-state index contributed by atoms with van der Waals surface area (Å²) in [5, 5.41) is 6.22. The van der Waals surface area contributed by atoms with E-state index in [-0.39, 0.29) is 12.5 Å². The van der Waals surface area contributed by atoms with Crippen molar-refractivity contribution < 1.29 is 9.53 Å². The number of morpholine rings is 1. The molecule has 0 atom stereocenters. The van der Waals surface area contributed by atoms with Gasteiger partial charge in [0.05, 0.1) is 13.2 Å². The van der Waals surface area contributed by atoms with Gasteiger partial charge in [-0.05, 0) is 43.3 Å². The van der Waals surface area contributed by atoms with E-state index in [2.05, 4.69) is 25.5 Å². The zero-order valence-electron chi connectivity index (χ0n) is 16.3. The van der Waals surface area contributed by atoms with Crippen LogP contribution in [0.5, 0.6) is 0 Å². The highest BCUT2D eigenvalue weighted by molar-refractivity contribution is 5.90. The summed E-state index contributed by atoms with van der Waals surface area (Å²) in [7, 11) is 0. The first-order valence-electron chi connectivity index (χ1n) is 9.62. The second-order valence-electron chi connectivity index (χ2n) is 6.86. The summed E-state index contributed by atoms with van der Waals surface area (Å²) < 4.78 is 7.24. The van der Waals surface area contributed by atoms with E-state index < -0.39 is 0 Å². The van der Waals surface area contributed by atoms with Crippen LogP contribution in [0.3, 0.4) is 0 Å². The molecule has 1 saturated heterocycles. The topological polar surface area (TPSA) is 84.3 Å². The molecule has 150 valence electrons. The van der Waals surface area contributed by atoms with Crippen molar-refractivity contribution in [1.82, 2.24) is 14.5 Å². The Labute approximate surface area is 169 Å². The van der Waals surface area contributed by atoms with Crippen molar-refractivity contribution in [3.05, 3.63) is 60.7 Å². The van der Waals surface area contributed by atoms with E-state index in [1.54, 1.807) is 0 Å². The van der Waals surface area contributed by atoms with Crippen molar-refractivity contribution in [2.24, 2.45) is 0 Å². The van der Waals surface area contributed by atoms with Crippen molar-refractivity contribution in [2.75, 3.05) is 41.8 Å². The van der Waals surface area contributed by atoms with E-state index in [0.29, 0.717) is 19.0 Å². The molecular weight excluding hydrogens is 368 g/mol. The van der Waals surface area contributed by atoms with E-state index in [1.807, 2.05) is 66.3 Å². The Hall–Kier alpha value is -3.39. The number of hydrogen-bond donors (Lipinski definition) is 2. The lowest BCUT2D eigenvalue weighted by Crippen LogP contribution is -2.36. The highest BCUT2D eigenvalue weighted by Crippen LogP contribution is 2.22. The molecular formula is C21H24N6O2. The third-order valence-corrected chi connectivity index (χ3v) is 4.59. The van der Waals surface area contributed by atoms with Gasteiger partial charge in [0, 0.05) is 42.9 Å². The van der Waals surface area contributed by atoms with Crippen molar-refractivity contribution in [1.29, 1.82) is 0 Å². The number of carbonyl (C=O) groups is 1. The van der Waals surface area contributed by atoms with Gasteiger partial charge in [0.1, 0.15) is 24.0 Å². The summed E-state index contributed by atoms with van der Waals surface area (Å²) in [4.78, 5) is 23.3. The maximum absolute atomic E-state index is 12.1.